The lowest BCUT2D eigenvalue weighted by Crippen LogP contribution is -2.43. The molecule has 2 heterocycles. The Hall–Kier alpha value is -1.82. The van der Waals surface area contributed by atoms with Gasteiger partial charge in [0.15, 0.2) is 5.16 Å². The number of carbonyl (C=O) groups excluding carboxylic acids is 1. The first-order valence-corrected chi connectivity index (χ1v) is 8.55. The van der Waals surface area contributed by atoms with Gasteiger partial charge in [-0.25, -0.2) is 4.98 Å². The highest BCUT2D eigenvalue weighted by atomic mass is 32.2. The van der Waals surface area contributed by atoms with Crippen molar-refractivity contribution < 1.29 is 4.79 Å². The fourth-order valence-corrected chi connectivity index (χ4v) is 3.57. The van der Waals surface area contributed by atoms with Gasteiger partial charge in [0.1, 0.15) is 0 Å². The van der Waals surface area contributed by atoms with Crippen LogP contribution in [-0.4, -0.2) is 39.1 Å². The Kier molecular flexibility index (Phi) is 4.47. The van der Waals surface area contributed by atoms with Crippen molar-refractivity contribution in [3.8, 4) is 0 Å². The molecule has 1 aliphatic rings. The van der Waals surface area contributed by atoms with Crippen LogP contribution in [0.25, 0.3) is 10.9 Å². The van der Waals surface area contributed by atoms with Crippen molar-refractivity contribution in [2.24, 2.45) is 0 Å². The molecule has 1 N–H and O–H groups in total. The third-order valence-electron chi connectivity index (χ3n) is 4.05. The summed E-state index contributed by atoms with van der Waals surface area (Å²) >= 11 is 1.30. The molecule has 6 heteroatoms. The predicted octanol–water partition coefficient (Wildman–Crippen LogP) is 2.42. The maximum atomic E-state index is 12.3. The average molecular weight is 317 g/mol. The van der Waals surface area contributed by atoms with Crippen molar-refractivity contribution in [1.82, 2.24) is 14.9 Å². The molecule has 22 heavy (non-hydrogen) atoms. The van der Waals surface area contributed by atoms with Gasteiger partial charge < -0.3 is 9.88 Å². The first kappa shape index (κ1) is 15.1. The minimum atomic E-state index is -0.160. The maximum absolute atomic E-state index is 12.3. The van der Waals surface area contributed by atoms with Crippen molar-refractivity contribution in [3.63, 3.8) is 0 Å². The van der Waals surface area contributed by atoms with Gasteiger partial charge in [0, 0.05) is 12.6 Å². The van der Waals surface area contributed by atoms with E-state index in [4.69, 9.17) is 0 Å². The van der Waals surface area contributed by atoms with Crippen LogP contribution >= 0.6 is 11.8 Å². The number of fused-ring (bicyclic) bond motifs is 1. The second-order valence-electron chi connectivity index (χ2n) is 5.61. The molecular formula is C16H19N3O2S. The molecule has 0 spiro atoms. The molecule has 1 aromatic heterocycles. The van der Waals surface area contributed by atoms with Gasteiger partial charge in [-0.2, -0.15) is 0 Å². The number of thioether (sulfide) groups is 1. The van der Waals surface area contributed by atoms with Crippen molar-refractivity contribution in [1.29, 1.82) is 0 Å². The Bertz CT molecular complexity index is 743. The van der Waals surface area contributed by atoms with Crippen molar-refractivity contribution in [2.45, 2.75) is 37.4 Å². The normalized spacial score (nSPS) is 18.6. The molecule has 0 aliphatic carbocycles. The van der Waals surface area contributed by atoms with Gasteiger partial charge in [-0.1, -0.05) is 23.9 Å². The minimum absolute atomic E-state index is 0.119. The summed E-state index contributed by atoms with van der Waals surface area (Å²) in [5.74, 6) is 0.430. The molecule has 5 nitrogen and oxygen atoms in total. The number of hydrogen-bond donors (Lipinski definition) is 1. The van der Waals surface area contributed by atoms with E-state index in [1.807, 2.05) is 23.1 Å². The zero-order chi connectivity index (χ0) is 15.5. The van der Waals surface area contributed by atoms with Crippen LogP contribution in [0.4, 0.5) is 0 Å². The van der Waals surface area contributed by atoms with Crippen LogP contribution < -0.4 is 5.56 Å². The maximum Gasteiger partial charge on any atom is 0.259 e. The van der Waals surface area contributed by atoms with Gasteiger partial charge in [-0.05, 0) is 38.3 Å². The van der Waals surface area contributed by atoms with Crippen molar-refractivity contribution in [2.75, 3.05) is 12.3 Å². The van der Waals surface area contributed by atoms with E-state index >= 15 is 0 Å². The van der Waals surface area contributed by atoms with Crippen LogP contribution in [0.2, 0.25) is 0 Å². The zero-order valence-corrected chi connectivity index (χ0v) is 13.4. The molecule has 0 saturated carbocycles. The summed E-state index contributed by atoms with van der Waals surface area (Å²) in [6.45, 7) is 2.93. The number of aromatic amines is 1. The fourth-order valence-electron chi connectivity index (χ4n) is 2.81. The number of nitrogens with one attached hydrogen (secondary N) is 1. The smallest absolute Gasteiger partial charge is 0.259 e. The molecule has 1 aliphatic heterocycles. The molecule has 1 saturated heterocycles. The number of carbonyl (C=O) groups is 1. The molecular weight excluding hydrogens is 298 g/mol. The van der Waals surface area contributed by atoms with E-state index in [0.29, 0.717) is 27.9 Å². The Morgan fingerprint density at radius 1 is 1.41 bits per heavy atom. The monoisotopic (exact) mass is 317 g/mol. The fraction of sp³-hybridized carbons (Fsp3) is 0.438. The van der Waals surface area contributed by atoms with E-state index in [0.717, 1.165) is 19.4 Å². The largest absolute Gasteiger partial charge is 0.339 e. The number of amides is 1. The molecule has 2 aromatic rings. The molecule has 0 bridgehead atoms. The van der Waals surface area contributed by atoms with Gasteiger partial charge in [-0.15, -0.1) is 0 Å². The molecule has 1 atom stereocenters. The summed E-state index contributed by atoms with van der Waals surface area (Å²) in [5, 5.41) is 1.07. The second-order valence-corrected chi connectivity index (χ2v) is 6.57. The molecule has 1 amide bonds. The van der Waals surface area contributed by atoms with E-state index in [2.05, 4.69) is 16.9 Å². The van der Waals surface area contributed by atoms with Crippen molar-refractivity contribution in [3.05, 3.63) is 34.6 Å². The van der Waals surface area contributed by atoms with E-state index in [9.17, 15) is 9.59 Å². The second kappa shape index (κ2) is 6.52. The summed E-state index contributed by atoms with van der Waals surface area (Å²) in [4.78, 5) is 33.4. The number of para-hydroxylation sites is 1. The van der Waals surface area contributed by atoms with Crippen LogP contribution in [0.1, 0.15) is 26.2 Å². The van der Waals surface area contributed by atoms with Crippen LogP contribution in [0.15, 0.2) is 34.2 Å². The quantitative estimate of drug-likeness (QED) is 0.697. The highest BCUT2D eigenvalue weighted by Gasteiger charge is 2.23. The number of H-pyrrole nitrogens is 1. The predicted molar refractivity (Wildman–Crippen MR) is 88.1 cm³/mol. The first-order chi connectivity index (χ1) is 10.6. The third kappa shape index (κ3) is 3.16. The lowest BCUT2D eigenvalue weighted by Gasteiger charge is -2.33. The van der Waals surface area contributed by atoms with Gasteiger partial charge >= 0.3 is 0 Å². The summed E-state index contributed by atoms with van der Waals surface area (Å²) in [6.07, 6.45) is 3.34. The Morgan fingerprint density at radius 2 is 2.23 bits per heavy atom. The van der Waals surface area contributed by atoms with Crippen LogP contribution in [0, 0.1) is 0 Å². The first-order valence-electron chi connectivity index (χ1n) is 7.56. The summed E-state index contributed by atoms with van der Waals surface area (Å²) in [5.41, 5.74) is 0.499. The lowest BCUT2D eigenvalue weighted by atomic mass is 10.0. The average Bonchev–Trinajstić information content (AvgIpc) is 2.53. The standard InChI is InChI=1S/C16H19N3O2S/c1-11-6-4-5-9-19(11)14(20)10-22-16-17-13-8-3-2-7-12(13)15(21)18-16/h2-3,7-8,11H,4-6,9-10H2,1H3,(H,17,18,21)/t11-/m0/s1. The zero-order valence-electron chi connectivity index (χ0n) is 12.5. The Balaban J connectivity index is 1.71. The van der Waals surface area contributed by atoms with Gasteiger partial charge in [0.2, 0.25) is 5.91 Å². The van der Waals surface area contributed by atoms with Crippen LogP contribution in [-0.2, 0) is 4.79 Å². The summed E-state index contributed by atoms with van der Waals surface area (Å²) in [6, 6.07) is 7.53. The van der Waals surface area contributed by atoms with Gasteiger partial charge in [0.25, 0.3) is 5.56 Å². The number of nitrogens with zero attached hydrogens (tertiary/aromatic N) is 2. The summed E-state index contributed by atoms with van der Waals surface area (Å²) < 4.78 is 0. The Labute approximate surface area is 133 Å². The number of likely N-dealkylation sites (tertiary alicyclic amines) is 1. The number of piperidine rings is 1. The summed E-state index contributed by atoms with van der Waals surface area (Å²) in [7, 11) is 0. The van der Waals surface area contributed by atoms with Gasteiger partial charge in [-0.3, -0.25) is 9.59 Å². The topological polar surface area (TPSA) is 66.1 Å². The molecule has 116 valence electrons. The Morgan fingerprint density at radius 3 is 3.05 bits per heavy atom. The van der Waals surface area contributed by atoms with Crippen LogP contribution in [0.3, 0.4) is 0 Å². The minimum Gasteiger partial charge on any atom is -0.339 e. The molecule has 3 rings (SSSR count). The number of hydrogen-bond acceptors (Lipinski definition) is 4. The molecule has 1 fully saturated rings. The number of rotatable bonds is 3. The molecule has 0 unspecified atom stereocenters. The van der Waals surface area contributed by atoms with E-state index in [-0.39, 0.29) is 11.5 Å². The number of benzene rings is 1. The molecule has 1 aromatic carbocycles. The highest BCUT2D eigenvalue weighted by molar-refractivity contribution is 7.99. The van der Waals surface area contributed by atoms with Crippen LogP contribution in [0.5, 0.6) is 0 Å². The van der Waals surface area contributed by atoms with Crippen molar-refractivity contribution >= 4 is 28.6 Å². The SMILES string of the molecule is C[C@H]1CCCCN1C(=O)CSc1nc2ccccc2c(=O)[nH]1. The number of aromatic nitrogens is 2. The highest BCUT2D eigenvalue weighted by Crippen LogP contribution is 2.20. The molecule has 0 radical (unpaired) electrons. The van der Waals surface area contributed by atoms with E-state index in [1.165, 1.54) is 18.2 Å². The third-order valence-corrected chi connectivity index (χ3v) is 4.90. The van der Waals surface area contributed by atoms with Gasteiger partial charge in [0.05, 0.1) is 16.7 Å². The lowest BCUT2D eigenvalue weighted by molar-refractivity contribution is -0.131. The van der Waals surface area contributed by atoms with E-state index in [1.54, 1.807) is 6.07 Å². The van der Waals surface area contributed by atoms with E-state index < -0.39 is 0 Å².